The SMILES string of the molecule is CCN(C)C(=O)CNCc1c(OC)ccc2ccccc12. The Kier molecular flexibility index (Phi) is 5.17. The van der Waals surface area contributed by atoms with Crippen LogP contribution in [0.5, 0.6) is 5.75 Å². The van der Waals surface area contributed by atoms with Crippen molar-refractivity contribution in [1.29, 1.82) is 0 Å². The molecule has 0 atom stereocenters. The molecular formula is C17H22N2O2. The quantitative estimate of drug-likeness (QED) is 0.886. The zero-order valence-electron chi connectivity index (χ0n) is 12.8. The highest BCUT2D eigenvalue weighted by atomic mass is 16.5. The molecule has 2 aromatic rings. The molecule has 0 saturated heterocycles. The largest absolute Gasteiger partial charge is 0.496 e. The van der Waals surface area contributed by atoms with Crippen LogP contribution in [-0.4, -0.2) is 38.1 Å². The highest BCUT2D eigenvalue weighted by Crippen LogP contribution is 2.27. The summed E-state index contributed by atoms with van der Waals surface area (Å²) >= 11 is 0. The lowest BCUT2D eigenvalue weighted by molar-refractivity contribution is -0.128. The number of methoxy groups -OCH3 is 1. The third-order valence-corrected chi connectivity index (χ3v) is 3.70. The van der Waals surface area contributed by atoms with E-state index in [2.05, 4.69) is 17.4 Å². The summed E-state index contributed by atoms with van der Waals surface area (Å²) in [5, 5.41) is 5.54. The van der Waals surface area contributed by atoms with E-state index in [0.717, 1.165) is 23.2 Å². The standard InChI is InChI=1S/C17H22N2O2/c1-4-19(2)17(20)12-18-11-15-14-8-6-5-7-13(14)9-10-16(15)21-3/h5-10,18H,4,11-12H2,1-3H3. The van der Waals surface area contributed by atoms with Crippen LogP contribution in [0.3, 0.4) is 0 Å². The van der Waals surface area contributed by atoms with E-state index >= 15 is 0 Å². The fourth-order valence-electron chi connectivity index (χ4n) is 2.30. The topological polar surface area (TPSA) is 41.6 Å². The summed E-state index contributed by atoms with van der Waals surface area (Å²) in [6.07, 6.45) is 0. The fraction of sp³-hybridized carbons (Fsp3) is 0.353. The van der Waals surface area contributed by atoms with E-state index in [1.165, 1.54) is 5.39 Å². The number of likely N-dealkylation sites (N-methyl/N-ethyl adjacent to an activating group) is 1. The number of fused-ring (bicyclic) bond motifs is 1. The summed E-state index contributed by atoms with van der Waals surface area (Å²) in [4.78, 5) is 13.5. The Morgan fingerprint density at radius 3 is 2.71 bits per heavy atom. The first-order valence-corrected chi connectivity index (χ1v) is 7.16. The number of carbonyl (C=O) groups is 1. The number of nitrogens with one attached hydrogen (secondary N) is 1. The van der Waals surface area contributed by atoms with E-state index in [0.29, 0.717) is 13.1 Å². The van der Waals surface area contributed by atoms with Gasteiger partial charge in [0.15, 0.2) is 0 Å². The maximum atomic E-state index is 11.8. The van der Waals surface area contributed by atoms with Gasteiger partial charge in [-0.15, -0.1) is 0 Å². The number of hydrogen-bond acceptors (Lipinski definition) is 3. The molecule has 0 saturated carbocycles. The van der Waals surface area contributed by atoms with Crippen molar-refractivity contribution in [2.24, 2.45) is 0 Å². The Labute approximate surface area is 125 Å². The van der Waals surface area contributed by atoms with Gasteiger partial charge in [0.1, 0.15) is 5.75 Å². The molecule has 0 aliphatic carbocycles. The number of hydrogen-bond donors (Lipinski definition) is 1. The molecule has 4 heteroatoms. The number of carbonyl (C=O) groups excluding carboxylic acids is 1. The molecule has 0 fully saturated rings. The van der Waals surface area contributed by atoms with E-state index in [1.807, 2.05) is 38.2 Å². The molecule has 0 aliphatic heterocycles. The predicted octanol–water partition coefficient (Wildman–Crippen LogP) is 2.42. The van der Waals surface area contributed by atoms with Gasteiger partial charge in [-0.25, -0.2) is 0 Å². The first-order valence-electron chi connectivity index (χ1n) is 7.16. The van der Waals surface area contributed by atoms with Gasteiger partial charge in [0.05, 0.1) is 13.7 Å². The fourth-order valence-corrected chi connectivity index (χ4v) is 2.30. The molecule has 2 rings (SSSR count). The van der Waals surface area contributed by atoms with E-state index < -0.39 is 0 Å². The highest BCUT2D eigenvalue weighted by molar-refractivity contribution is 5.87. The normalized spacial score (nSPS) is 10.6. The molecule has 1 N–H and O–H groups in total. The number of ether oxygens (including phenoxy) is 1. The lowest BCUT2D eigenvalue weighted by Gasteiger charge is -2.16. The minimum absolute atomic E-state index is 0.0942. The van der Waals surface area contributed by atoms with Gasteiger partial charge in [0, 0.05) is 25.7 Å². The average molecular weight is 286 g/mol. The van der Waals surface area contributed by atoms with Crippen LogP contribution < -0.4 is 10.1 Å². The molecule has 0 bridgehead atoms. The van der Waals surface area contributed by atoms with E-state index in [1.54, 1.807) is 12.0 Å². The second-order valence-corrected chi connectivity index (χ2v) is 4.98. The van der Waals surface area contributed by atoms with E-state index in [9.17, 15) is 4.79 Å². The molecule has 0 unspecified atom stereocenters. The highest BCUT2D eigenvalue weighted by Gasteiger charge is 2.10. The predicted molar refractivity (Wildman–Crippen MR) is 85.5 cm³/mol. The third-order valence-electron chi connectivity index (χ3n) is 3.70. The van der Waals surface area contributed by atoms with Crippen LogP contribution in [0, 0.1) is 0 Å². The molecule has 0 aliphatic rings. The van der Waals surface area contributed by atoms with Gasteiger partial charge in [0.25, 0.3) is 0 Å². The number of rotatable bonds is 6. The Hall–Kier alpha value is -2.07. The zero-order valence-corrected chi connectivity index (χ0v) is 12.8. The first kappa shape index (κ1) is 15.3. The third kappa shape index (κ3) is 3.52. The lowest BCUT2D eigenvalue weighted by Crippen LogP contribution is -2.35. The van der Waals surface area contributed by atoms with Crippen molar-refractivity contribution in [1.82, 2.24) is 10.2 Å². The monoisotopic (exact) mass is 286 g/mol. The van der Waals surface area contributed by atoms with Crippen molar-refractivity contribution in [3.8, 4) is 5.75 Å². The van der Waals surface area contributed by atoms with Crippen molar-refractivity contribution < 1.29 is 9.53 Å². The summed E-state index contributed by atoms with van der Waals surface area (Å²) in [5.41, 5.74) is 1.09. The Bertz CT molecular complexity index is 625. The molecule has 0 heterocycles. The van der Waals surface area contributed by atoms with Crippen molar-refractivity contribution in [2.75, 3.05) is 27.2 Å². The summed E-state index contributed by atoms with van der Waals surface area (Å²) < 4.78 is 5.44. The Morgan fingerprint density at radius 1 is 1.24 bits per heavy atom. The second-order valence-electron chi connectivity index (χ2n) is 4.98. The molecular weight excluding hydrogens is 264 g/mol. The van der Waals surface area contributed by atoms with Gasteiger partial charge in [-0.3, -0.25) is 4.79 Å². The maximum absolute atomic E-state index is 11.8. The number of amides is 1. The number of benzene rings is 2. The van der Waals surface area contributed by atoms with Crippen LogP contribution in [-0.2, 0) is 11.3 Å². The summed E-state index contributed by atoms with van der Waals surface area (Å²) in [7, 11) is 3.48. The minimum Gasteiger partial charge on any atom is -0.496 e. The van der Waals surface area contributed by atoms with Gasteiger partial charge in [-0.1, -0.05) is 30.3 Å². The summed E-state index contributed by atoms with van der Waals surface area (Å²) in [6.45, 7) is 3.62. The van der Waals surface area contributed by atoms with Crippen LogP contribution in [0.4, 0.5) is 0 Å². The number of nitrogens with zero attached hydrogens (tertiary/aromatic N) is 1. The maximum Gasteiger partial charge on any atom is 0.236 e. The Morgan fingerprint density at radius 2 is 2.00 bits per heavy atom. The lowest BCUT2D eigenvalue weighted by atomic mass is 10.0. The van der Waals surface area contributed by atoms with Gasteiger partial charge >= 0.3 is 0 Å². The molecule has 4 nitrogen and oxygen atoms in total. The van der Waals surface area contributed by atoms with Crippen LogP contribution in [0.2, 0.25) is 0 Å². The average Bonchev–Trinajstić information content (AvgIpc) is 2.53. The van der Waals surface area contributed by atoms with Crippen LogP contribution >= 0.6 is 0 Å². The minimum atomic E-state index is 0.0942. The van der Waals surface area contributed by atoms with Gasteiger partial charge in [0.2, 0.25) is 5.91 Å². The molecule has 0 spiro atoms. The van der Waals surface area contributed by atoms with Crippen molar-refractivity contribution in [3.05, 3.63) is 42.0 Å². The smallest absolute Gasteiger partial charge is 0.236 e. The van der Waals surface area contributed by atoms with Crippen molar-refractivity contribution >= 4 is 16.7 Å². The van der Waals surface area contributed by atoms with Crippen LogP contribution in [0.1, 0.15) is 12.5 Å². The Balaban J connectivity index is 2.15. The molecule has 0 aromatic heterocycles. The van der Waals surface area contributed by atoms with Crippen molar-refractivity contribution in [2.45, 2.75) is 13.5 Å². The molecule has 112 valence electrons. The van der Waals surface area contributed by atoms with Crippen LogP contribution in [0.15, 0.2) is 36.4 Å². The molecule has 1 amide bonds. The van der Waals surface area contributed by atoms with Crippen molar-refractivity contribution in [3.63, 3.8) is 0 Å². The molecule has 0 radical (unpaired) electrons. The van der Waals surface area contributed by atoms with E-state index in [4.69, 9.17) is 4.74 Å². The van der Waals surface area contributed by atoms with Gasteiger partial charge in [-0.05, 0) is 23.8 Å². The second kappa shape index (κ2) is 7.09. The molecule has 2 aromatic carbocycles. The summed E-state index contributed by atoms with van der Waals surface area (Å²) in [5.74, 6) is 0.939. The van der Waals surface area contributed by atoms with Crippen LogP contribution in [0.25, 0.3) is 10.8 Å². The first-order chi connectivity index (χ1) is 10.2. The van der Waals surface area contributed by atoms with Gasteiger partial charge < -0.3 is 15.0 Å². The molecule has 21 heavy (non-hydrogen) atoms. The summed E-state index contributed by atoms with van der Waals surface area (Å²) in [6, 6.07) is 12.2. The van der Waals surface area contributed by atoms with Gasteiger partial charge in [-0.2, -0.15) is 0 Å². The zero-order chi connectivity index (χ0) is 15.2. The van der Waals surface area contributed by atoms with E-state index in [-0.39, 0.29) is 5.91 Å².